The Morgan fingerprint density at radius 2 is 0.00855 bits per heavy atom. The third-order valence-corrected chi connectivity index (χ3v) is 0. The SMILES string of the molecule is [Tb].[Tb].[Tb].[Tb].[Tb].[Tb].[Tb].[Tb].[Tb].[Tb].[Tb].[Tb].[Tb].[Tb].[Tb].[Tb].[Tb].[Tb].[Tb].[Tb].[Tb].[Tb].[Tb].[Tb].[Tb].[Tb].[Tb].[Tb].[Tb].[Tb].[Tb].[Tb].[Tb].[Tb].[Tb].[Tb].[Tb].[Tb].[Tb].[Tb].[Tb].[Tb].[Tb].[Tb].[Tb].[Tb].[Tb].[Tb].[Tb].[Tb].[Tb].[Tb].[Tb].[Tb].[Tb].[Tb].[Tb].[Tb].[Tb].[Tb].[Tb].[Tb].[Tb].[Tb].[Tb].[Tb].[Tb].[Tb].[Tb].[Tb].[Tb].[Tb].[Tb].[Tb].[Tb].[Tb].[Tb].[Tb].[Tb].[Tb].[Tb].[Tb].[Tb].[Tb].[Tb].[Tb].[Tb].[Tb].[Tb].[Tb].[Tb].[Tb].[Tb].[Tb].[Tb].[Tb].[Tb].[Tb].[Tb].[Tb].[Tb].[Tb].[Tb].[Tb].[Tb].[Tb].[Tb].[Tb].[Tb].[Tb].[Tb].[Tb].[Tb].[Tb].[Tb].[Tb].[Tb]. The monoisotopic (exact) mass is 18600 g/mol. The Hall–Kier alpha value is 150. The second-order valence-corrected chi connectivity index (χ2v) is 0. The van der Waals surface area contributed by atoms with Crippen molar-refractivity contribution in [3.63, 3.8) is 0 Å². The molecule has 0 amide bonds. The van der Waals surface area contributed by atoms with Crippen LogP contribution < -0.4 is 0 Å². The maximum Gasteiger partial charge on any atom is 0 e. The first-order valence-corrected chi connectivity index (χ1v) is 0. The molecule has 0 nitrogen and oxygen atoms in total. The molecular formula is Tb117. The van der Waals surface area contributed by atoms with Crippen molar-refractivity contribution >= 4 is 0 Å². The van der Waals surface area contributed by atoms with Crippen LogP contribution in [0.25, 0.3) is 0 Å². The Labute approximate surface area is 4320 Å². The predicted octanol–water partition coefficient (Wildman–Crippen LogP) is 0. The van der Waals surface area contributed by atoms with Crippen molar-refractivity contribution in [1.29, 1.82) is 0 Å². The van der Waals surface area contributed by atoms with Crippen molar-refractivity contribution in [2.24, 2.45) is 0 Å². The van der Waals surface area contributed by atoms with Gasteiger partial charge < -0.3 is 0 Å². The Balaban J connectivity index is 0. The average Bonchev–Trinajstić information content (AvgIpc) is 0. The van der Waals surface area contributed by atoms with Gasteiger partial charge in [0, 0.05) is 4520 Å². The van der Waals surface area contributed by atoms with E-state index < -0.39 is 0 Å². The number of hydrogen-bond donors (Lipinski definition) is 0. The standard InChI is InChI=1S/117Tb. The summed E-state index contributed by atoms with van der Waals surface area (Å²) in [5.74, 6) is 0. The second kappa shape index (κ2) is 829. The van der Waals surface area contributed by atoms with E-state index in [-0.39, 0.29) is 4520 Å². The van der Waals surface area contributed by atoms with Crippen LogP contribution in [0.4, 0.5) is 0 Å². The Bertz CT molecular complexity index is 0. The van der Waals surface area contributed by atoms with E-state index >= 15 is 0 Å². The van der Waals surface area contributed by atoms with E-state index in [2.05, 4.69) is 0 Å². The van der Waals surface area contributed by atoms with E-state index in [9.17, 15) is 0 Å². The molecule has 117 radical (unpaired) electrons. The van der Waals surface area contributed by atoms with Gasteiger partial charge in [-0.05, 0) is 0 Å². The van der Waals surface area contributed by atoms with Gasteiger partial charge in [-0.3, -0.25) is 0 Å². The van der Waals surface area contributed by atoms with Gasteiger partial charge in [-0.2, -0.15) is 0 Å². The average molecular weight is 18600 g/mol. The largest absolute Gasteiger partial charge is 0 e. The Kier molecular flexibility index (Phi) is 5950. The molecule has 0 aromatic rings. The molecule has 0 bridgehead atoms. The van der Waals surface area contributed by atoms with Crippen LogP contribution >= 0.6 is 0 Å². The summed E-state index contributed by atoms with van der Waals surface area (Å²) in [5.41, 5.74) is 0. The zero-order chi connectivity index (χ0) is 0. The van der Waals surface area contributed by atoms with Gasteiger partial charge in [0.2, 0.25) is 0 Å². The quantitative estimate of drug-likeness (QED) is 0.321. The minimum Gasteiger partial charge on any atom is 0 e. The fraction of sp³-hybridized carbons (Fsp3) is 0. The molecule has 0 saturated carbocycles. The van der Waals surface area contributed by atoms with E-state index in [0.717, 1.165) is 0 Å². The first kappa shape index (κ1) is 839. The second-order valence-electron chi connectivity index (χ2n) is 0. The van der Waals surface area contributed by atoms with Crippen LogP contribution in [0.2, 0.25) is 0 Å². The summed E-state index contributed by atoms with van der Waals surface area (Å²) in [6.45, 7) is 0. The smallest absolute Gasteiger partial charge is 0 e. The number of hydrogen-bond acceptors (Lipinski definition) is 0. The zero-order valence-electron chi connectivity index (χ0n) is 39.0. The van der Waals surface area contributed by atoms with E-state index in [1.807, 2.05) is 0 Å². The van der Waals surface area contributed by atoms with Crippen molar-refractivity contribution in [3.05, 3.63) is 0 Å². The van der Waals surface area contributed by atoms with Crippen LogP contribution in [-0.4, -0.2) is 0 Å². The van der Waals surface area contributed by atoms with Gasteiger partial charge in [0.25, 0.3) is 0 Å². The first-order valence-electron chi connectivity index (χ1n) is 0. The van der Waals surface area contributed by atoms with Gasteiger partial charge in [-0.15, -0.1) is 0 Å². The maximum atomic E-state index is 0. The Morgan fingerprint density at radius 3 is 0.00855 bits per heavy atom. The molecule has 0 N–H and O–H groups in total. The first-order chi connectivity index (χ1) is 0. The minimum absolute atomic E-state index is 0. The molecule has 0 aliphatic carbocycles. The summed E-state index contributed by atoms with van der Waals surface area (Å²) in [6.07, 6.45) is 0. The van der Waals surface area contributed by atoms with Crippen LogP contribution in [-0.2, 0) is 0 Å². The van der Waals surface area contributed by atoms with Crippen molar-refractivity contribution in [1.82, 2.24) is 0 Å². The normalized spacial score (nSPS) is 0. The van der Waals surface area contributed by atoms with E-state index in [1.54, 1.807) is 0 Å². The van der Waals surface area contributed by atoms with Crippen LogP contribution in [0, 0.1) is 4520 Å². The van der Waals surface area contributed by atoms with Crippen molar-refractivity contribution in [3.8, 4) is 0 Å². The molecule has 0 aliphatic heterocycles. The molecular weight excluding hydrogens is 18600 g/mol. The van der Waals surface area contributed by atoms with Gasteiger partial charge in [0.1, 0.15) is 0 Å². The summed E-state index contributed by atoms with van der Waals surface area (Å²) in [4.78, 5) is 0. The van der Waals surface area contributed by atoms with Crippen LogP contribution in [0.3, 0.4) is 0 Å². The number of rotatable bonds is 0. The predicted molar refractivity (Wildman–Crippen MR) is 0 cm³/mol. The van der Waals surface area contributed by atoms with E-state index in [0.29, 0.717) is 0 Å². The third-order valence-electron chi connectivity index (χ3n) is 0. The third kappa shape index (κ3) is 823. The van der Waals surface area contributed by atoms with Crippen molar-refractivity contribution in [2.75, 3.05) is 0 Å². The fourth-order valence-corrected chi connectivity index (χ4v) is 0. The van der Waals surface area contributed by atoms with Crippen molar-refractivity contribution in [2.45, 2.75) is 0 Å². The maximum absolute atomic E-state index is 0. The fourth-order valence-electron chi connectivity index (χ4n) is 0. The molecule has 0 heterocycles. The van der Waals surface area contributed by atoms with Gasteiger partial charge in [-0.25, -0.2) is 0 Å². The Morgan fingerprint density at radius 1 is 0.00855 bits per heavy atom. The molecule has 117 heavy (non-hydrogen) atoms. The molecule has 0 aromatic heterocycles. The van der Waals surface area contributed by atoms with Gasteiger partial charge in [0.15, 0.2) is 0 Å². The van der Waals surface area contributed by atoms with E-state index in [1.165, 1.54) is 0 Å². The van der Waals surface area contributed by atoms with Crippen LogP contribution in [0.5, 0.6) is 0 Å². The summed E-state index contributed by atoms with van der Waals surface area (Å²) in [7, 11) is 0. The molecule has 0 aliphatic rings. The molecule has 0 unspecified atom stereocenters. The molecule has 0 saturated heterocycles. The summed E-state index contributed by atoms with van der Waals surface area (Å²) >= 11 is 0. The topological polar surface area (TPSA) is 0 Å². The molecule has 1053 valence electrons. The van der Waals surface area contributed by atoms with Crippen LogP contribution in [0.15, 0.2) is 0 Å². The molecule has 0 atom stereocenters. The van der Waals surface area contributed by atoms with E-state index in [4.69, 9.17) is 0 Å². The molecule has 0 spiro atoms. The van der Waals surface area contributed by atoms with Crippen LogP contribution in [0.1, 0.15) is 0 Å². The van der Waals surface area contributed by atoms with Gasteiger partial charge in [-0.1, -0.05) is 0 Å². The molecule has 0 aromatic carbocycles. The van der Waals surface area contributed by atoms with Gasteiger partial charge in [0.05, 0.1) is 0 Å². The molecule has 0 fully saturated rings. The molecule has 0 rings (SSSR count). The van der Waals surface area contributed by atoms with Crippen molar-refractivity contribution < 1.29 is 4520 Å². The zero-order valence-corrected chi connectivity index (χ0v) is 289. The molecule has 117 heteroatoms. The minimum atomic E-state index is 0. The summed E-state index contributed by atoms with van der Waals surface area (Å²) < 4.78 is 0. The summed E-state index contributed by atoms with van der Waals surface area (Å²) in [5, 5.41) is 0. The summed E-state index contributed by atoms with van der Waals surface area (Å²) in [6, 6.07) is 0. The van der Waals surface area contributed by atoms with Gasteiger partial charge >= 0.3 is 0 Å².